The van der Waals surface area contributed by atoms with E-state index in [1.165, 1.54) is 18.4 Å². The summed E-state index contributed by atoms with van der Waals surface area (Å²) in [5.74, 6) is -0.489. The highest BCUT2D eigenvalue weighted by atomic mass is 32.1. The number of methoxy groups -OCH3 is 1. The fourth-order valence-electron chi connectivity index (χ4n) is 3.55. The third-order valence-corrected chi connectivity index (χ3v) is 5.90. The lowest BCUT2D eigenvalue weighted by atomic mass is 10.0. The molecular weight excluding hydrogens is 360 g/mol. The van der Waals surface area contributed by atoms with Gasteiger partial charge < -0.3 is 10.1 Å². The van der Waals surface area contributed by atoms with E-state index in [9.17, 15) is 9.59 Å². The van der Waals surface area contributed by atoms with E-state index in [1.807, 2.05) is 31.2 Å². The maximum absolute atomic E-state index is 12.6. The van der Waals surface area contributed by atoms with Gasteiger partial charge in [0.15, 0.2) is 0 Å². The van der Waals surface area contributed by atoms with Crippen molar-refractivity contribution in [2.75, 3.05) is 25.5 Å². The first kappa shape index (κ1) is 19.6. The van der Waals surface area contributed by atoms with Gasteiger partial charge in [-0.1, -0.05) is 36.8 Å². The first-order valence-corrected chi connectivity index (χ1v) is 10.1. The molecule has 2 heterocycles. The minimum absolute atomic E-state index is 0.116. The zero-order valence-electron chi connectivity index (χ0n) is 16.1. The third kappa shape index (κ3) is 4.57. The second kappa shape index (κ2) is 8.67. The SMILES string of the molecule is CCCN1CCc2c(sc(NC(=O)Cc3cccc(C)c3)c2C(=O)OC)C1. The number of ether oxygens (including phenoxy) is 1. The number of carbonyl (C=O) groups excluding carboxylic acids is 2. The van der Waals surface area contributed by atoms with Crippen molar-refractivity contribution in [1.29, 1.82) is 0 Å². The molecule has 1 amide bonds. The molecule has 0 unspecified atom stereocenters. The zero-order valence-corrected chi connectivity index (χ0v) is 16.9. The van der Waals surface area contributed by atoms with E-state index in [-0.39, 0.29) is 18.3 Å². The number of thiophene rings is 1. The number of hydrogen-bond acceptors (Lipinski definition) is 5. The predicted octanol–water partition coefficient (Wildman–Crippen LogP) is 3.79. The van der Waals surface area contributed by atoms with E-state index < -0.39 is 0 Å². The molecule has 3 rings (SSSR count). The van der Waals surface area contributed by atoms with Crippen molar-refractivity contribution in [1.82, 2.24) is 4.90 Å². The molecule has 0 saturated carbocycles. The van der Waals surface area contributed by atoms with Crippen LogP contribution in [0.5, 0.6) is 0 Å². The predicted molar refractivity (Wildman–Crippen MR) is 108 cm³/mol. The Bertz CT molecular complexity index is 844. The topological polar surface area (TPSA) is 58.6 Å². The lowest BCUT2D eigenvalue weighted by molar-refractivity contribution is -0.115. The Morgan fingerprint density at radius 1 is 1.33 bits per heavy atom. The second-order valence-electron chi connectivity index (χ2n) is 6.94. The van der Waals surface area contributed by atoms with Crippen molar-refractivity contribution in [3.8, 4) is 0 Å². The summed E-state index contributed by atoms with van der Waals surface area (Å²) in [6, 6.07) is 7.90. The molecular formula is C21H26N2O3S. The molecule has 1 aliphatic rings. The molecule has 27 heavy (non-hydrogen) atoms. The van der Waals surface area contributed by atoms with Gasteiger partial charge in [0.25, 0.3) is 0 Å². The molecule has 0 saturated heterocycles. The largest absolute Gasteiger partial charge is 0.465 e. The van der Waals surface area contributed by atoms with E-state index in [4.69, 9.17) is 4.74 Å². The molecule has 144 valence electrons. The molecule has 0 radical (unpaired) electrons. The third-order valence-electron chi connectivity index (χ3n) is 4.77. The van der Waals surface area contributed by atoms with Gasteiger partial charge in [-0.2, -0.15) is 0 Å². The quantitative estimate of drug-likeness (QED) is 0.768. The summed E-state index contributed by atoms with van der Waals surface area (Å²) in [5.41, 5.74) is 3.65. The van der Waals surface area contributed by atoms with Gasteiger partial charge in [0.1, 0.15) is 5.00 Å². The molecule has 0 spiro atoms. The van der Waals surface area contributed by atoms with E-state index in [0.717, 1.165) is 54.0 Å². The van der Waals surface area contributed by atoms with E-state index >= 15 is 0 Å². The Morgan fingerprint density at radius 3 is 2.85 bits per heavy atom. The van der Waals surface area contributed by atoms with Crippen LogP contribution < -0.4 is 5.32 Å². The second-order valence-corrected chi connectivity index (χ2v) is 8.04. The average molecular weight is 387 g/mol. The highest BCUT2D eigenvalue weighted by molar-refractivity contribution is 7.17. The summed E-state index contributed by atoms with van der Waals surface area (Å²) in [7, 11) is 1.39. The number of hydrogen-bond donors (Lipinski definition) is 1. The Morgan fingerprint density at radius 2 is 2.15 bits per heavy atom. The molecule has 0 fully saturated rings. The number of esters is 1. The smallest absolute Gasteiger partial charge is 0.341 e. The molecule has 1 aromatic carbocycles. The molecule has 1 N–H and O–H groups in total. The minimum atomic E-state index is -0.373. The Labute approximate surface area is 164 Å². The Hall–Kier alpha value is -2.18. The van der Waals surface area contributed by atoms with Crippen LogP contribution in [0.15, 0.2) is 24.3 Å². The van der Waals surface area contributed by atoms with Crippen LogP contribution in [-0.4, -0.2) is 37.0 Å². The molecule has 0 atom stereocenters. The molecule has 1 aromatic heterocycles. The van der Waals surface area contributed by atoms with Crippen molar-refractivity contribution in [3.63, 3.8) is 0 Å². The van der Waals surface area contributed by atoms with Crippen molar-refractivity contribution in [2.24, 2.45) is 0 Å². The number of amides is 1. The number of fused-ring (bicyclic) bond motifs is 1. The van der Waals surface area contributed by atoms with Crippen molar-refractivity contribution < 1.29 is 14.3 Å². The Kier molecular flexibility index (Phi) is 6.29. The van der Waals surface area contributed by atoms with Crippen LogP contribution in [0.2, 0.25) is 0 Å². The van der Waals surface area contributed by atoms with E-state index in [2.05, 4.69) is 17.1 Å². The summed E-state index contributed by atoms with van der Waals surface area (Å²) < 4.78 is 4.99. The molecule has 1 aliphatic heterocycles. The number of benzene rings is 1. The monoisotopic (exact) mass is 386 g/mol. The normalized spacial score (nSPS) is 13.9. The average Bonchev–Trinajstić information content (AvgIpc) is 2.98. The summed E-state index contributed by atoms with van der Waals surface area (Å²) in [6.07, 6.45) is 2.20. The number of carbonyl (C=O) groups is 2. The number of aryl methyl sites for hydroxylation is 1. The maximum Gasteiger partial charge on any atom is 0.341 e. The lowest BCUT2D eigenvalue weighted by Crippen LogP contribution is -2.30. The molecule has 5 nitrogen and oxygen atoms in total. The summed E-state index contributed by atoms with van der Waals surface area (Å²) in [4.78, 5) is 28.5. The van der Waals surface area contributed by atoms with Crippen molar-refractivity contribution in [3.05, 3.63) is 51.4 Å². The number of rotatable bonds is 6. The number of nitrogens with zero attached hydrogens (tertiary/aromatic N) is 1. The van der Waals surface area contributed by atoms with Gasteiger partial charge in [0.2, 0.25) is 5.91 Å². The van der Waals surface area contributed by atoms with Gasteiger partial charge in [-0.3, -0.25) is 9.69 Å². The van der Waals surface area contributed by atoms with Crippen LogP contribution in [0, 0.1) is 6.92 Å². The van der Waals surface area contributed by atoms with Gasteiger partial charge in [0.05, 0.1) is 19.1 Å². The Balaban J connectivity index is 1.82. The fourth-order valence-corrected chi connectivity index (χ4v) is 4.84. The first-order chi connectivity index (χ1) is 13.0. The van der Waals surface area contributed by atoms with Crippen LogP contribution in [-0.2, 0) is 28.9 Å². The molecule has 0 aliphatic carbocycles. The highest BCUT2D eigenvalue weighted by Crippen LogP contribution is 2.37. The zero-order chi connectivity index (χ0) is 19.4. The molecule has 6 heteroatoms. The maximum atomic E-state index is 12.6. The van der Waals surface area contributed by atoms with Crippen molar-refractivity contribution in [2.45, 2.75) is 39.7 Å². The van der Waals surface area contributed by atoms with Crippen LogP contribution in [0.25, 0.3) is 0 Å². The molecule has 2 aromatic rings. The van der Waals surface area contributed by atoms with Crippen LogP contribution >= 0.6 is 11.3 Å². The minimum Gasteiger partial charge on any atom is -0.465 e. The lowest BCUT2D eigenvalue weighted by Gasteiger charge is -2.26. The number of anilines is 1. The summed E-state index contributed by atoms with van der Waals surface area (Å²) >= 11 is 1.50. The fraction of sp³-hybridized carbons (Fsp3) is 0.429. The first-order valence-electron chi connectivity index (χ1n) is 9.32. The number of nitrogens with one attached hydrogen (secondary N) is 1. The standard InChI is InChI=1S/C21H26N2O3S/c1-4-9-23-10-8-16-17(13-23)27-20(19(16)21(25)26-3)22-18(24)12-15-7-5-6-14(2)11-15/h5-7,11H,4,8-10,12-13H2,1-3H3,(H,22,24). The van der Waals surface area contributed by atoms with Gasteiger partial charge in [-0.05, 0) is 37.4 Å². The van der Waals surface area contributed by atoms with Gasteiger partial charge >= 0.3 is 5.97 Å². The van der Waals surface area contributed by atoms with Gasteiger partial charge in [0, 0.05) is 18.0 Å². The molecule has 0 bridgehead atoms. The van der Waals surface area contributed by atoms with Crippen molar-refractivity contribution >= 4 is 28.2 Å². The van der Waals surface area contributed by atoms with Gasteiger partial charge in [-0.15, -0.1) is 11.3 Å². The van der Waals surface area contributed by atoms with E-state index in [0.29, 0.717) is 10.6 Å². The van der Waals surface area contributed by atoms with Gasteiger partial charge in [-0.25, -0.2) is 4.79 Å². The summed E-state index contributed by atoms with van der Waals surface area (Å²) in [6.45, 7) is 6.97. The van der Waals surface area contributed by atoms with Crippen LogP contribution in [0.1, 0.15) is 45.3 Å². The summed E-state index contributed by atoms with van der Waals surface area (Å²) in [5, 5.41) is 3.57. The van der Waals surface area contributed by atoms with Crippen LogP contribution in [0.4, 0.5) is 5.00 Å². The van der Waals surface area contributed by atoms with Crippen LogP contribution in [0.3, 0.4) is 0 Å². The van der Waals surface area contributed by atoms with E-state index in [1.54, 1.807) is 0 Å². The highest BCUT2D eigenvalue weighted by Gasteiger charge is 2.29.